The molecule has 0 saturated carbocycles. The third-order valence-corrected chi connectivity index (χ3v) is 3.72. The topological polar surface area (TPSA) is 27.1 Å². The molecule has 84 valence electrons. The van der Waals surface area contributed by atoms with Crippen LogP contribution in [0.3, 0.4) is 0 Å². The maximum atomic E-state index is 6.42. The minimum Gasteiger partial charge on any atom is -0.377 e. The van der Waals surface area contributed by atoms with E-state index in [0.717, 1.165) is 22.4 Å². The summed E-state index contributed by atoms with van der Waals surface area (Å²) in [7, 11) is 2.02. The molecule has 1 aliphatic heterocycles. The van der Waals surface area contributed by atoms with Crippen molar-refractivity contribution in [2.24, 2.45) is 7.05 Å². The van der Waals surface area contributed by atoms with Crippen LogP contribution in [0.4, 0.5) is 0 Å². The van der Waals surface area contributed by atoms with Gasteiger partial charge in [0.25, 0.3) is 0 Å². The zero-order valence-corrected chi connectivity index (χ0v) is 10.1. The molecular formula is C12H13ClN2O. The summed E-state index contributed by atoms with van der Waals surface area (Å²) >= 11 is 6.42. The Labute approximate surface area is 99.0 Å². The van der Waals surface area contributed by atoms with E-state index < -0.39 is 0 Å². The third-order valence-electron chi connectivity index (χ3n) is 3.28. The molecule has 3 nitrogen and oxygen atoms in total. The lowest BCUT2D eigenvalue weighted by Gasteiger charge is -2.35. The van der Waals surface area contributed by atoms with Gasteiger partial charge in [-0.25, -0.2) is 4.98 Å². The van der Waals surface area contributed by atoms with Crippen molar-refractivity contribution in [1.82, 2.24) is 9.55 Å². The molecule has 1 saturated heterocycles. The number of nitrogens with zero attached hydrogens (tertiary/aromatic N) is 2. The highest BCUT2D eigenvalue weighted by Gasteiger charge is 2.38. The van der Waals surface area contributed by atoms with E-state index in [0.29, 0.717) is 13.2 Å². The molecule has 0 N–H and O–H groups in total. The Morgan fingerprint density at radius 3 is 2.81 bits per heavy atom. The van der Waals surface area contributed by atoms with Gasteiger partial charge in [0.15, 0.2) is 0 Å². The number of hydrogen-bond donors (Lipinski definition) is 0. The Bertz CT molecular complexity index is 557. The van der Waals surface area contributed by atoms with Crippen LogP contribution in [0.15, 0.2) is 18.2 Å². The fourth-order valence-corrected chi connectivity index (χ4v) is 2.32. The second-order valence-electron chi connectivity index (χ2n) is 4.38. The number of ether oxygens (including phenoxy) is 1. The Morgan fingerprint density at radius 1 is 1.44 bits per heavy atom. The summed E-state index contributed by atoms with van der Waals surface area (Å²) in [5.74, 6) is 1.01. The summed E-state index contributed by atoms with van der Waals surface area (Å²) < 4.78 is 7.26. The lowest BCUT2D eigenvalue weighted by molar-refractivity contribution is -0.0151. The predicted molar refractivity (Wildman–Crippen MR) is 63.8 cm³/mol. The van der Waals surface area contributed by atoms with Gasteiger partial charge in [-0.1, -0.05) is 6.07 Å². The van der Waals surface area contributed by atoms with Gasteiger partial charge in [-0.15, -0.1) is 11.6 Å². The van der Waals surface area contributed by atoms with Crippen molar-refractivity contribution >= 4 is 22.6 Å². The second-order valence-corrected chi connectivity index (χ2v) is 5.10. The molecule has 1 aromatic heterocycles. The number of hydrogen-bond acceptors (Lipinski definition) is 2. The van der Waals surface area contributed by atoms with E-state index in [4.69, 9.17) is 16.3 Å². The maximum absolute atomic E-state index is 6.42. The van der Waals surface area contributed by atoms with Gasteiger partial charge in [0, 0.05) is 7.05 Å². The van der Waals surface area contributed by atoms with Crippen molar-refractivity contribution in [2.75, 3.05) is 13.2 Å². The third kappa shape index (κ3) is 1.28. The second kappa shape index (κ2) is 3.22. The molecule has 1 fully saturated rings. The molecule has 0 spiro atoms. The van der Waals surface area contributed by atoms with Crippen molar-refractivity contribution in [1.29, 1.82) is 0 Å². The van der Waals surface area contributed by atoms with Gasteiger partial charge in [-0.2, -0.15) is 0 Å². The molecule has 3 rings (SSSR count). The number of fused-ring (bicyclic) bond motifs is 1. The molecule has 4 heteroatoms. The van der Waals surface area contributed by atoms with Crippen LogP contribution >= 0.6 is 11.6 Å². The normalized spacial score (nSPS) is 18.7. The van der Waals surface area contributed by atoms with Crippen LogP contribution in [-0.2, 0) is 16.7 Å². The number of aromatic nitrogens is 2. The predicted octanol–water partition coefficient (Wildman–Crippen LogP) is 2.35. The molecule has 0 atom stereocenters. The summed E-state index contributed by atoms with van der Waals surface area (Å²) in [6, 6.07) is 6.21. The maximum Gasteiger partial charge on any atom is 0.116 e. The fourth-order valence-electron chi connectivity index (χ4n) is 2.05. The quantitative estimate of drug-likeness (QED) is 0.711. The zero-order valence-electron chi connectivity index (χ0n) is 9.33. The molecule has 0 bridgehead atoms. The van der Waals surface area contributed by atoms with E-state index in [9.17, 15) is 0 Å². The van der Waals surface area contributed by atoms with Crippen LogP contribution < -0.4 is 0 Å². The Morgan fingerprint density at radius 2 is 2.19 bits per heavy atom. The lowest BCUT2D eigenvalue weighted by Crippen LogP contribution is -2.41. The van der Waals surface area contributed by atoms with Gasteiger partial charge in [0.05, 0.1) is 24.2 Å². The minimum absolute atomic E-state index is 0.334. The van der Waals surface area contributed by atoms with Gasteiger partial charge in [0.2, 0.25) is 0 Å². The van der Waals surface area contributed by atoms with Gasteiger partial charge >= 0.3 is 0 Å². The average molecular weight is 237 g/mol. The minimum atomic E-state index is -0.334. The first-order valence-electron chi connectivity index (χ1n) is 5.30. The largest absolute Gasteiger partial charge is 0.377 e. The Balaban J connectivity index is 2.16. The lowest BCUT2D eigenvalue weighted by atomic mass is 9.96. The fraction of sp³-hybridized carbons (Fsp3) is 0.417. The summed E-state index contributed by atoms with van der Waals surface area (Å²) in [5, 5.41) is 0. The monoisotopic (exact) mass is 236 g/mol. The zero-order chi connectivity index (χ0) is 11.3. The summed E-state index contributed by atoms with van der Waals surface area (Å²) in [4.78, 5) is 4.18. The standard InChI is InChI=1S/C12H13ClN2O/c1-8-14-10-5-9(12(13)6-16-7-12)3-4-11(10)15(8)2/h3-5H,6-7H2,1-2H3. The van der Waals surface area contributed by atoms with Crippen LogP contribution in [-0.4, -0.2) is 22.8 Å². The molecule has 0 amide bonds. The van der Waals surface area contributed by atoms with E-state index >= 15 is 0 Å². The number of halogens is 1. The van der Waals surface area contributed by atoms with E-state index in [1.165, 1.54) is 0 Å². The van der Waals surface area contributed by atoms with Crippen LogP contribution in [0, 0.1) is 6.92 Å². The van der Waals surface area contributed by atoms with E-state index in [2.05, 4.69) is 27.8 Å². The summed E-state index contributed by atoms with van der Waals surface area (Å²) in [6.07, 6.45) is 0. The van der Waals surface area contributed by atoms with E-state index in [1.54, 1.807) is 0 Å². The molecule has 1 aromatic carbocycles. The summed E-state index contributed by atoms with van der Waals surface area (Å²) in [6.45, 7) is 3.18. The molecule has 16 heavy (non-hydrogen) atoms. The number of alkyl halides is 1. The van der Waals surface area contributed by atoms with Crippen LogP contribution in [0.2, 0.25) is 0 Å². The van der Waals surface area contributed by atoms with Gasteiger partial charge in [0.1, 0.15) is 10.7 Å². The van der Waals surface area contributed by atoms with Crippen molar-refractivity contribution in [2.45, 2.75) is 11.8 Å². The van der Waals surface area contributed by atoms with Gasteiger partial charge in [-0.05, 0) is 24.6 Å². The van der Waals surface area contributed by atoms with Crippen molar-refractivity contribution in [3.8, 4) is 0 Å². The molecule has 2 heterocycles. The number of aryl methyl sites for hydroxylation is 2. The van der Waals surface area contributed by atoms with E-state index in [-0.39, 0.29) is 4.87 Å². The molecule has 1 aliphatic rings. The molecular weight excluding hydrogens is 224 g/mol. The molecule has 2 aromatic rings. The summed E-state index contributed by atoms with van der Waals surface area (Å²) in [5.41, 5.74) is 3.25. The number of imidazole rings is 1. The smallest absolute Gasteiger partial charge is 0.116 e. The first-order valence-corrected chi connectivity index (χ1v) is 5.68. The number of benzene rings is 1. The Hall–Kier alpha value is -1.06. The van der Waals surface area contributed by atoms with Gasteiger partial charge < -0.3 is 9.30 Å². The molecule has 0 radical (unpaired) electrons. The van der Waals surface area contributed by atoms with Crippen LogP contribution in [0.1, 0.15) is 11.4 Å². The van der Waals surface area contributed by atoms with Crippen molar-refractivity contribution in [3.63, 3.8) is 0 Å². The first-order chi connectivity index (χ1) is 7.60. The number of rotatable bonds is 1. The van der Waals surface area contributed by atoms with E-state index in [1.807, 2.05) is 14.0 Å². The average Bonchev–Trinajstić information content (AvgIpc) is 2.51. The van der Waals surface area contributed by atoms with Crippen LogP contribution in [0.5, 0.6) is 0 Å². The molecule has 0 unspecified atom stereocenters. The highest BCUT2D eigenvalue weighted by Crippen LogP contribution is 2.37. The Kier molecular flexibility index (Phi) is 2.03. The van der Waals surface area contributed by atoms with Crippen molar-refractivity contribution < 1.29 is 4.74 Å². The van der Waals surface area contributed by atoms with Crippen LogP contribution in [0.25, 0.3) is 11.0 Å². The molecule has 0 aliphatic carbocycles. The SMILES string of the molecule is Cc1nc2cc(C3(Cl)COC3)ccc2n1C. The first kappa shape index (κ1) is 10.1. The van der Waals surface area contributed by atoms with Gasteiger partial charge in [-0.3, -0.25) is 0 Å². The van der Waals surface area contributed by atoms with Crippen molar-refractivity contribution in [3.05, 3.63) is 29.6 Å². The highest BCUT2D eigenvalue weighted by molar-refractivity contribution is 6.24. The highest BCUT2D eigenvalue weighted by atomic mass is 35.5.